The lowest BCUT2D eigenvalue weighted by molar-refractivity contribution is 0.473. The number of fused-ring (bicyclic) bond motifs is 1. The van der Waals surface area contributed by atoms with Crippen molar-refractivity contribution in [2.75, 3.05) is 18.4 Å². The summed E-state index contributed by atoms with van der Waals surface area (Å²) < 4.78 is 0. The Morgan fingerprint density at radius 1 is 1.06 bits per heavy atom. The van der Waals surface area contributed by atoms with Crippen molar-refractivity contribution in [1.82, 2.24) is 4.90 Å². The van der Waals surface area contributed by atoms with Crippen molar-refractivity contribution >= 4 is 33.8 Å². The van der Waals surface area contributed by atoms with Gasteiger partial charge in [-0.2, -0.15) is 0 Å². The smallest absolute Gasteiger partial charge is 0.173 e. The van der Waals surface area contributed by atoms with Gasteiger partial charge in [-0.15, -0.1) is 0 Å². The highest BCUT2D eigenvalue weighted by molar-refractivity contribution is 7.80. The summed E-state index contributed by atoms with van der Waals surface area (Å²) in [6.07, 6.45) is 0. The largest absolute Gasteiger partial charge is 0.350 e. The lowest BCUT2D eigenvalue weighted by atomic mass is 10.1. The summed E-state index contributed by atoms with van der Waals surface area (Å²) in [5.41, 5.74) is 1.07. The Morgan fingerprint density at radius 3 is 2.44 bits per heavy atom. The molecule has 0 saturated heterocycles. The quantitative estimate of drug-likeness (QED) is 0.841. The highest BCUT2D eigenvalue weighted by atomic mass is 32.1. The van der Waals surface area contributed by atoms with E-state index < -0.39 is 0 Å². The zero-order chi connectivity index (χ0) is 13.0. The Kier molecular flexibility index (Phi) is 4.15. The molecule has 0 aliphatic rings. The first-order valence-corrected chi connectivity index (χ1v) is 6.70. The third kappa shape index (κ3) is 2.62. The van der Waals surface area contributed by atoms with E-state index in [4.69, 9.17) is 12.2 Å². The summed E-state index contributed by atoms with van der Waals surface area (Å²) in [4.78, 5) is 2.14. The summed E-state index contributed by atoms with van der Waals surface area (Å²) >= 11 is 5.43. The van der Waals surface area contributed by atoms with Crippen LogP contribution < -0.4 is 5.32 Å². The fourth-order valence-corrected chi connectivity index (χ4v) is 2.41. The van der Waals surface area contributed by atoms with Crippen LogP contribution in [0.4, 0.5) is 5.69 Å². The average Bonchev–Trinajstić information content (AvgIpc) is 2.40. The van der Waals surface area contributed by atoms with Crippen LogP contribution in [0.1, 0.15) is 13.8 Å². The highest BCUT2D eigenvalue weighted by Gasteiger charge is 2.06. The molecule has 2 aromatic rings. The minimum atomic E-state index is 0.788. The van der Waals surface area contributed by atoms with E-state index in [1.54, 1.807) is 0 Å². The fraction of sp³-hybridized carbons (Fsp3) is 0.267. The molecule has 0 unspecified atom stereocenters. The topological polar surface area (TPSA) is 15.3 Å². The number of hydrogen-bond donors (Lipinski definition) is 1. The predicted octanol–water partition coefficient (Wildman–Crippen LogP) is 3.88. The van der Waals surface area contributed by atoms with E-state index in [0.717, 1.165) is 23.9 Å². The van der Waals surface area contributed by atoms with Gasteiger partial charge in [0.15, 0.2) is 5.11 Å². The lowest BCUT2D eigenvalue weighted by Crippen LogP contribution is -2.34. The van der Waals surface area contributed by atoms with Crippen LogP contribution in [-0.2, 0) is 0 Å². The van der Waals surface area contributed by atoms with Crippen molar-refractivity contribution in [3.8, 4) is 0 Å². The lowest BCUT2D eigenvalue weighted by Gasteiger charge is -2.23. The van der Waals surface area contributed by atoms with Gasteiger partial charge < -0.3 is 10.2 Å². The van der Waals surface area contributed by atoms with Gasteiger partial charge in [-0.05, 0) is 37.5 Å². The first kappa shape index (κ1) is 12.8. The molecule has 2 nitrogen and oxygen atoms in total. The van der Waals surface area contributed by atoms with Crippen molar-refractivity contribution in [2.24, 2.45) is 0 Å². The molecule has 18 heavy (non-hydrogen) atoms. The SMILES string of the molecule is CCN(CC)C(=S)Nc1cccc2ccccc12. The van der Waals surface area contributed by atoms with E-state index in [2.05, 4.69) is 60.5 Å². The Labute approximate surface area is 114 Å². The number of anilines is 1. The molecular weight excluding hydrogens is 240 g/mol. The third-order valence-electron chi connectivity index (χ3n) is 3.08. The van der Waals surface area contributed by atoms with Crippen molar-refractivity contribution in [2.45, 2.75) is 13.8 Å². The summed E-state index contributed by atoms with van der Waals surface area (Å²) in [6.45, 7) is 6.07. The number of nitrogens with zero attached hydrogens (tertiary/aromatic N) is 1. The highest BCUT2D eigenvalue weighted by Crippen LogP contribution is 2.23. The van der Waals surface area contributed by atoms with Gasteiger partial charge in [-0.3, -0.25) is 0 Å². The third-order valence-corrected chi connectivity index (χ3v) is 3.44. The van der Waals surface area contributed by atoms with Gasteiger partial charge in [-0.25, -0.2) is 0 Å². The van der Waals surface area contributed by atoms with Gasteiger partial charge in [0.1, 0.15) is 0 Å². The van der Waals surface area contributed by atoms with E-state index in [-0.39, 0.29) is 0 Å². The van der Waals surface area contributed by atoms with Gasteiger partial charge >= 0.3 is 0 Å². The molecule has 0 aromatic heterocycles. The zero-order valence-corrected chi connectivity index (χ0v) is 11.6. The zero-order valence-electron chi connectivity index (χ0n) is 10.8. The minimum Gasteiger partial charge on any atom is -0.350 e. The van der Waals surface area contributed by atoms with Crippen molar-refractivity contribution in [1.29, 1.82) is 0 Å². The molecule has 0 heterocycles. The van der Waals surface area contributed by atoms with E-state index in [1.165, 1.54) is 10.8 Å². The molecule has 2 rings (SSSR count). The maximum Gasteiger partial charge on any atom is 0.173 e. The predicted molar refractivity (Wildman–Crippen MR) is 83.1 cm³/mol. The molecule has 0 aliphatic heterocycles. The Bertz CT molecular complexity index is 542. The molecule has 0 aliphatic carbocycles. The molecule has 3 heteroatoms. The normalized spacial score (nSPS) is 10.3. The molecule has 0 amide bonds. The monoisotopic (exact) mass is 258 g/mol. The van der Waals surface area contributed by atoms with Crippen molar-refractivity contribution in [3.05, 3.63) is 42.5 Å². The molecule has 0 spiro atoms. The number of hydrogen-bond acceptors (Lipinski definition) is 1. The maximum atomic E-state index is 5.43. The van der Waals surface area contributed by atoms with E-state index in [1.807, 2.05) is 6.07 Å². The second-order valence-electron chi connectivity index (χ2n) is 4.13. The molecule has 94 valence electrons. The van der Waals surface area contributed by atoms with Crippen LogP contribution in [0.25, 0.3) is 10.8 Å². The molecule has 2 aromatic carbocycles. The fourth-order valence-electron chi connectivity index (χ4n) is 2.04. The summed E-state index contributed by atoms with van der Waals surface area (Å²) in [5, 5.41) is 6.56. The molecule has 0 fully saturated rings. The van der Waals surface area contributed by atoms with Gasteiger partial charge in [0.2, 0.25) is 0 Å². The standard InChI is InChI=1S/C15H18N2S/c1-3-17(4-2)15(18)16-14-11-7-9-12-8-5-6-10-13(12)14/h5-11H,3-4H2,1-2H3,(H,16,18). The average molecular weight is 258 g/mol. The summed E-state index contributed by atoms with van der Waals surface area (Å²) in [6, 6.07) is 14.6. The second kappa shape index (κ2) is 5.83. The first-order valence-electron chi connectivity index (χ1n) is 6.30. The van der Waals surface area contributed by atoms with E-state index >= 15 is 0 Å². The van der Waals surface area contributed by atoms with Crippen LogP contribution in [0.5, 0.6) is 0 Å². The molecule has 1 N–H and O–H groups in total. The van der Waals surface area contributed by atoms with Crippen LogP contribution in [0.2, 0.25) is 0 Å². The molecule has 0 radical (unpaired) electrons. The molecule has 0 bridgehead atoms. The van der Waals surface area contributed by atoms with Gasteiger partial charge in [0.05, 0.1) is 0 Å². The molecular formula is C15H18N2S. The minimum absolute atomic E-state index is 0.788. The van der Waals surface area contributed by atoms with Gasteiger partial charge in [-0.1, -0.05) is 36.4 Å². The van der Waals surface area contributed by atoms with Crippen LogP contribution in [0.3, 0.4) is 0 Å². The van der Waals surface area contributed by atoms with Gasteiger partial charge in [0.25, 0.3) is 0 Å². The summed E-state index contributed by atoms with van der Waals surface area (Å²) in [5.74, 6) is 0. The maximum absolute atomic E-state index is 5.43. The number of benzene rings is 2. The van der Waals surface area contributed by atoms with Crippen molar-refractivity contribution < 1.29 is 0 Å². The Balaban J connectivity index is 2.29. The number of thiocarbonyl (C=S) groups is 1. The van der Waals surface area contributed by atoms with Crippen LogP contribution >= 0.6 is 12.2 Å². The number of rotatable bonds is 3. The first-order chi connectivity index (χ1) is 8.76. The Hall–Kier alpha value is -1.61. The second-order valence-corrected chi connectivity index (χ2v) is 4.52. The molecule has 0 atom stereocenters. The number of nitrogens with one attached hydrogen (secondary N) is 1. The van der Waals surface area contributed by atoms with Crippen LogP contribution in [0, 0.1) is 0 Å². The van der Waals surface area contributed by atoms with Crippen molar-refractivity contribution in [3.63, 3.8) is 0 Å². The van der Waals surface area contributed by atoms with Crippen LogP contribution in [-0.4, -0.2) is 23.1 Å². The van der Waals surface area contributed by atoms with E-state index in [9.17, 15) is 0 Å². The van der Waals surface area contributed by atoms with Gasteiger partial charge in [0, 0.05) is 24.2 Å². The van der Waals surface area contributed by atoms with E-state index in [0.29, 0.717) is 0 Å². The molecule has 0 saturated carbocycles. The van der Waals surface area contributed by atoms with Crippen LogP contribution in [0.15, 0.2) is 42.5 Å². The summed E-state index contributed by atoms with van der Waals surface area (Å²) in [7, 11) is 0. The Morgan fingerprint density at radius 2 is 1.72 bits per heavy atom.